The normalized spacial score (nSPS) is 13.5. The average Bonchev–Trinajstić information content (AvgIpc) is 3.70. The molecule has 1 aliphatic rings. The molecule has 5 heteroatoms. The van der Waals surface area contributed by atoms with Crippen LogP contribution in [0.2, 0.25) is 0 Å². The van der Waals surface area contributed by atoms with Crippen molar-refractivity contribution in [1.82, 2.24) is 4.57 Å². The molecule has 3 aromatic carbocycles. The molecule has 0 bridgehead atoms. The lowest BCUT2D eigenvalue weighted by molar-refractivity contribution is 0.0515. The summed E-state index contributed by atoms with van der Waals surface area (Å²) in [6.45, 7) is 9.02. The molecule has 4 aromatic rings. The van der Waals surface area contributed by atoms with Crippen LogP contribution in [-0.4, -0.2) is 30.0 Å². The molecule has 0 atom stereocenters. The Balaban J connectivity index is 1.80. The van der Waals surface area contributed by atoms with E-state index in [-0.39, 0.29) is 23.7 Å². The summed E-state index contributed by atoms with van der Waals surface area (Å²) in [5.74, 6) is 0.543. The van der Waals surface area contributed by atoms with Gasteiger partial charge in [-0.25, -0.2) is 4.79 Å². The van der Waals surface area contributed by atoms with Crippen LogP contribution < -0.4 is 4.74 Å². The third kappa shape index (κ3) is 4.85. The summed E-state index contributed by atoms with van der Waals surface area (Å²) in [4.78, 5) is 27.1. The van der Waals surface area contributed by atoms with Gasteiger partial charge in [0.05, 0.1) is 19.2 Å². The standard InChI is InChI=1S/C33H35NO4/c1-6-38-32(36)30-28(22-15-17-24(18-16-22)33(2,3)4)26-11-8-12-27(31(35)23-13-14-23)29(26)34(30)20-21-9-7-10-25(19-21)37-5/h7-12,15-19,23H,6,13-14,20H2,1-5H3. The van der Waals surface area contributed by atoms with Crippen molar-refractivity contribution in [3.8, 4) is 16.9 Å². The topological polar surface area (TPSA) is 57.5 Å². The lowest BCUT2D eigenvalue weighted by Gasteiger charge is -2.19. The first kappa shape index (κ1) is 25.8. The zero-order valence-corrected chi connectivity index (χ0v) is 22.8. The van der Waals surface area contributed by atoms with E-state index in [1.54, 1.807) is 7.11 Å². The lowest BCUT2D eigenvalue weighted by atomic mass is 9.86. The van der Waals surface area contributed by atoms with Gasteiger partial charge in [0.2, 0.25) is 0 Å². The van der Waals surface area contributed by atoms with Crippen LogP contribution in [-0.2, 0) is 16.7 Å². The Kier molecular flexibility index (Phi) is 6.87. The second-order valence-electron chi connectivity index (χ2n) is 11.0. The van der Waals surface area contributed by atoms with Crippen molar-refractivity contribution in [1.29, 1.82) is 0 Å². The van der Waals surface area contributed by atoms with Crippen LogP contribution in [0.3, 0.4) is 0 Å². The molecule has 196 valence electrons. The van der Waals surface area contributed by atoms with E-state index in [0.29, 0.717) is 17.8 Å². The molecule has 1 saturated carbocycles. The van der Waals surface area contributed by atoms with Crippen molar-refractivity contribution in [3.63, 3.8) is 0 Å². The molecule has 0 unspecified atom stereocenters. The number of ether oxygens (including phenoxy) is 2. The number of benzene rings is 3. The van der Waals surface area contributed by atoms with Crippen LogP contribution in [0.4, 0.5) is 0 Å². The van der Waals surface area contributed by atoms with Crippen molar-refractivity contribution < 1.29 is 19.1 Å². The van der Waals surface area contributed by atoms with Gasteiger partial charge in [-0.15, -0.1) is 0 Å². The van der Waals surface area contributed by atoms with E-state index in [0.717, 1.165) is 46.2 Å². The van der Waals surface area contributed by atoms with Crippen LogP contribution in [0.15, 0.2) is 66.7 Å². The number of aromatic nitrogens is 1. The molecule has 1 aromatic heterocycles. The predicted molar refractivity (Wildman–Crippen MR) is 151 cm³/mol. The molecule has 0 N–H and O–H groups in total. The maximum absolute atomic E-state index is 13.6. The van der Waals surface area contributed by atoms with Gasteiger partial charge in [-0.05, 0) is 60.1 Å². The smallest absolute Gasteiger partial charge is 0.355 e. The van der Waals surface area contributed by atoms with Gasteiger partial charge >= 0.3 is 5.97 Å². The van der Waals surface area contributed by atoms with Crippen molar-refractivity contribution in [3.05, 3.63) is 89.1 Å². The van der Waals surface area contributed by atoms with E-state index < -0.39 is 5.97 Å². The zero-order valence-electron chi connectivity index (χ0n) is 22.8. The summed E-state index contributed by atoms with van der Waals surface area (Å²) in [5.41, 5.74) is 5.81. The van der Waals surface area contributed by atoms with Crippen LogP contribution >= 0.6 is 0 Å². The molecular weight excluding hydrogens is 474 g/mol. The summed E-state index contributed by atoms with van der Waals surface area (Å²) in [6, 6.07) is 22.0. The maximum atomic E-state index is 13.6. The minimum Gasteiger partial charge on any atom is -0.497 e. The molecule has 0 saturated heterocycles. The van der Waals surface area contributed by atoms with E-state index in [2.05, 4.69) is 45.0 Å². The molecule has 0 aliphatic heterocycles. The fraction of sp³-hybridized carbons (Fsp3) is 0.333. The fourth-order valence-electron chi connectivity index (χ4n) is 5.13. The number of carbonyl (C=O) groups excluding carboxylic acids is 2. The summed E-state index contributed by atoms with van der Waals surface area (Å²) in [7, 11) is 1.64. The molecule has 1 heterocycles. The van der Waals surface area contributed by atoms with Gasteiger partial charge in [-0.3, -0.25) is 4.79 Å². The van der Waals surface area contributed by atoms with Gasteiger partial charge in [0.25, 0.3) is 0 Å². The molecule has 5 rings (SSSR count). The van der Waals surface area contributed by atoms with E-state index in [1.807, 2.05) is 54.0 Å². The first-order valence-electron chi connectivity index (χ1n) is 13.3. The molecule has 38 heavy (non-hydrogen) atoms. The third-order valence-electron chi connectivity index (χ3n) is 7.28. The monoisotopic (exact) mass is 509 g/mol. The van der Waals surface area contributed by atoms with E-state index in [9.17, 15) is 9.59 Å². The van der Waals surface area contributed by atoms with Crippen LogP contribution in [0.5, 0.6) is 5.75 Å². The van der Waals surface area contributed by atoms with Gasteiger partial charge in [0.1, 0.15) is 11.4 Å². The predicted octanol–water partition coefficient (Wildman–Crippen LogP) is 7.43. The number of rotatable bonds is 8. The third-order valence-corrected chi connectivity index (χ3v) is 7.28. The summed E-state index contributed by atoms with van der Waals surface area (Å²) < 4.78 is 13.0. The lowest BCUT2D eigenvalue weighted by Crippen LogP contribution is -2.15. The SMILES string of the molecule is CCOC(=O)c1c(-c2ccc(C(C)(C)C)cc2)c2cccc(C(=O)C3CC3)c2n1Cc1cccc(OC)c1. The Morgan fingerprint density at radius 2 is 1.68 bits per heavy atom. The van der Waals surface area contributed by atoms with Gasteiger partial charge < -0.3 is 14.0 Å². The Morgan fingerprint density at radius 1 is 0.974 bits per heavy atom. The number of hydrogen-bond acceptors (Lipinski definition) is 4. The zero-order chi connectivity index (χ0) is 27.0. The van der Waals surface area contributed by atoms with E-state index >= 15 is 0 Å². The minimum absolute atomic E-state index is 0.00667. The number of ketones is 1. The first-order valence-corrected chi connectivity index (χ1v) is 13.3. The minimum atomic E-state index is -0.397. The molecule has 0 amide bonds. The summed E-state index contributed by atoms with van der Waals surface area (Å²) in [6.07, 6.45) is 1.83. The van der Waals surface area contributed by atoms with Crippen LogP contribution in [0.1, 0.15) is 72.5 Å². The number of fused-ring (bicyclic) bond motifs is 1. The Labute approximate surface area is 224 Å². The molecule has 0 radical (unpaired) electrons. The molecule has 1 aliphatic carbocycles. The van der Waals surface area contributed by atoms with E-state index in [4.69, 9.17) is 9.47 Å². The Morgan fingerprint density at radius 3 is 2.32 bits per heavy atom. The first-order chi connectivity index (χ1) is 18.2. The number of methoxy groups -OCH3 is 1. The van der Waals surface area contributed by atoms with Crippen molar-refractivity contribution >= 4 is 22.7 Å². The Bertz CT molecular complexity index is 1500. The number of Topliss-reactive ketones (excluding diaryl/α,β-unsaturated/α-hetero) is 1. The number of hydrogen-bond donors (Lipinski definition) is 0. The Hall–Kier alpha value is -3.86. The van der Waals surface area contributed by atoms with Gasteiger partial charge in [-0.2, -0.15) is 0 Å². The number of para-hydroxylation sites is 1. The van der Waals surface area contributed by atoms with E-state index in [1.165, 1.54) is 5.56 Å². The average molecular weight is 510 g/mol. The van der Waals surface area contributed by atoms with Crippen molar-refractivity contribution in [2.45, 2.75) is 52.5 Å². The number of nitrogens with zero attached hydrogens (tertiary/aromatic N) is 1. The maximum Gasteiger partial charge on any atom is 0.355 e. The van der Waals surface area contributed by atoms with Gasteiger partial charge in [0.15, 0.2) is 5.78 Å². The summed E-state index contributed by atoms with van der Waals surface area (Å²) >= 11 is 0. The van der Waals surface area contributed by atoms with Gasteiger partial charge in [0, 0.05) is 29.0 Å². The molecule has 1 fully saturated rings. The quantitative estimate of drug-likeness (QED) is 0.183. The van der Waals surface area contributed by atoms with Crippen molar-refractivity contribution in [2.24, 2.45) is 5.92 Å². The second kappa shape index (κ2) is 10.1. The second-order valence-corrected chi connectivity index (χ2v) is 11.0. The molecule has 5 nitrogen and oxygen atoms in total. The number of esters is 1. The van der Waals surface area contributed by atoms with Gasteiger partial charge in [-0.1, -0.05) is 69.3 Å². The molecule has 0 spiro atoms. The fourth-order valence-corrected chi connectivity index (χ4v) is 5.13. The highest BCUT2D eigenvalue weighted by Crippen LogP contribution is 2.41. The highest BCUT2D eigenvalue weighted by atomic mass is 16.5. The van der Waals surface area contributed by atoms with Crippen molar-refractivity contribution in [2.75, 3.05) is 13.7 Å². The van der Waals surface area contributed by atoms with Crippen LogP contribution in [0, 0.1) is 5.92 Å². The highest BCUT2D eigenvalue weighted by molar-refractivity contribution is 6.16. The number of carbonyl (C=O) groups is 2. The van der Waals surface area contributed by atoms with Crippen LogP contribution in [0.25, 0.3) is 22.0 Å². The highest BCUT2D eigenvalue weighted by Gasteiger charge is 2.34. The largest absolute Gasteiger partial charge is 0.497 e. The molecular formula is C33H35NO4. The summed E-state index contributed by atoms with van der Waals surface area (Å²) in [5, 5.41) is 0.881.